The summed E-state index contributed by atoms with van der Waals surface area (Å²) in [4.78, 5) is 31.8. The molecule has 154 valence electrons. The molecule has 5 nitrogen and oxygen atoms in total. The highest BCUT2D eigenvalue weighted by Crippen LogP contribution is 2.32. The molecular formula is C24H31N3O2. The van der Waals surface area contributed by atoms with Crippen LogP contribution >= 0.6 is 0 Å². The number of nitrogens with zero attached hydrogens (tertiary/aromatic N) is 2. The fourth-order valence-corrected chi connectivity index (χ4v) is 3.84. The van der Waals surface area contributed by atoms with Crippen molar-refractivity contribution in [3.63, 3.8) is 0 Å². The number of amides is 2. The van der Waals surface area contributed by atoms with E-state index in [2.05, 4.69) is 50.1 Å². The largest absolute Gasteiger partial charge is 0.339 e. The lowest BCUT2D eigenvalue weighted by Gasteiger charge is -2.26. The van der Waals surface area contributed by atoms with Crippen molar-refractivity contribution in [2.45, 2.75) is 58.8 Å². The van der Waals surface area contributed by atoms with Gasteiger partial charge in [-0.25, -0.2) is 0 Å². The van der Waals surface area contributed by atoms with Crippen molar-refractivity contribution in [2.75, 3.05) is 18.4 Å². The van der Waals surface area contributed by atoms with E-state index < -0.39 is 0 Å². The zero-order chi connectivity index (χ0) is 21.0. The minimum Gasteiger partial charge on any atom is -0.339 e. The van der Waals surface area contributed by atoms with E-state index in [4.69, 9.17) is 0 Å². The van der Waals surface area contributed by atoms with Crippen molar-refractivity contribution in [2.24, 2.45) is 0 Å². The molecule has 0 spiro atoms. The number of hydrogen-bond acceptors (Lipinski definition) is 3. The molecule has 1 aliphatic heterocycles. The second-order valence-corrected chi connectivity index (χ2v) is 8.39. The highest BCUT2D eigenvalue weighted by molar-refractivity contribution is 6.06. The molecule has 29 heavy (non-hydrogen) atoms. The Morgan fingerprint density at radius 3 is 2.10 bits per heavy atom. The molecule has 2 amide bonds. The summed E-state index contributed by atoms with van der Waals surface area (Å²) in [5.74, 6) is 0.293. The number of pyridine rings is 1. The summed E-state index contributed by atoms with van der Waals surface area (Å²) in [5, 5.41) is 3.10. The molecule has 1 N–H and O–H groups in total. The van der Waals surface area contributed by atoms with E-state index in [0.717, 1.165) is 49.2 Å². The van der Waals surface area contributed by atoms with Crippen molar-refractivity contribution in [1.29, 1.82) is 0 Å². The van der Waals surface area contributed by atoms with Crippen LogP contribution in [0.1, 0.15) is 90.6 Å². The molecule has 1 aliphatic rings. The normalized spacial score (nSPS) is 14.3. The Hall–Kier alpha value is -2.69. The van der Waals surface area contributed by atoms with Crippen LogP contribution in [0.4, 0.5) is 5.69 Å². The van der Waals surface area contributed by atoms with Gasteiger partial charge < -0.3 is 10.2 Å². The van der Waals surface area contributed by atoms with Gasteiger partial charge >= 0.3 is 0 Å². The third kappa shape index (κ3) is 4.84. The average Bonchev–Trinajstić information content (AvgIpc) is 2.73. The maximum Gasteiger partial charge on any atom is 0.257 e. The standard InChI is InChI=1S/C24H31N3O2/c1-16(2)20-9-8-10-21(17(3)4)22(20)26-23(28)18-13-19(15-25-14-18)24(29)27-11-6-5-7-12-27/h8-10,13-17H,5-7,11-12H2,1-4H3,(H,26,28). The van der Waals surface area contributed by atoms with Gasteiger partial charge in [0, 0.05) is 31.2 Å². The molecule has 0 aliphatic carbocycles. The molecular weight excluding hydrogens is 362 g/mol. The predicted molar refractivity (Wildman–Crippen MR) is 117 cm³/mol. The minimum absolute atomic E-state index is 0.0442. The molecule has 5 heteroatoms. The van der Waals surface area contributed by atoms with Gasteiger partial charge in [0.2, 0.25) is 0 Å². The van der Waals surface area contributed by atoms with Crippen LogP contribution in [0.25, 0.3) is 0 Å². The van der Waals surface area contributed by atoms with Crippen LogP contribution in [0.5, 0.6) is 0 Å². The zero-order valence-corrected chi connectivity index (χ0v) is 17.9. The third-order valence-electron chi connectivity index (χ3n) is 5.50. The zero-order valence-electron chi connectivity index (χ0n) is 17.9. The topological polar surface area (TPSA) is 62.3 Å². The molecule has 0 atom stereocenters. The van der Waals surface area contributed by atoms with Crippen molar-refractivity contribution in [3.8, 4) is 0 Å². The van der Waals surface area contributed by atoms with E-state index in [1.165, 1.54) is 6.20 Å². The predicted octanol–water partition coefficient (Wildman–Crippen LogP) is 5.21. The van der Waals surface area contributed by atoms with Crippen molar-refractivity contribution in [1.82, 2.24) is 9.88 Å². The quantitative estimate of drug-likeness (QED) is 0.759. The molecule has 3 rings (SSSR count). The molecule has 2 heterocycles. The summed E-state index contributed by atoms with van der Waals surface area (Å²) in [5.41, 5.74) is 3.97. The first kappa shape index (κ1) is 21.0. The van der Waals surface area contributed by atoms with Crippen LogP contribution < -0.4 is 5.32 Å². The highest BCUT2D eigenvalue weighted by atomic mass is 16.2. The number of likely N-dealkylation sites (tertiary alicyclic amines) is 1. The van der Waals surface area contributed by atoms with Gasteiger partial charge in [0.15, 0.2) is 0 Å². The third-order valence-corrected chi connectivity index (χ3v) is 5.50. The Morgan fingerprint density at radius 1 is 0.931 bits per heavy atom. The smallest absolute Gasteiger partial charge is 0.257 e. The van der Waals surface area contributed by atoms with Crippen molar-refractivity contribution >= 4 is 17.5 Å². The van der Waals surface area contributed by atoms with E-state index >= 15 is 0 Å². The molecule has 1 saturated heterocycles. The molecule has 0 radical (unpaired) electrons. The maximum absolute atomic E-state index is 13.0. The summed E-state index contributed by atoms with van der Waals surface area (Å²) in [6, 6.07) is 7.81. The van der Waals surface area contributed by atoms with Crippen LogP contribution in [0.3, 0.4) is 0 Å². The van der Waals surface area contributed by atoms with Crippen LogP contribution in [0, 0.1) is 0 Å². The Balaban J connectivity index is 1.86. The summed E-state index contributed by atoms with van der Waals surface area (Å²) in [6.07, 6.45) is 6.30. The first-order valence-electron chi connectivity index (χ1n) is 10.6. The number of para-hydroxylation sites is 1. The van der Waals surface area contributed by atoms with E-state index in [1.807, 2.05) is 11.0 Å². The summed E-state index contributed by atoms with van der Waals surface area (Å²) in [7, 11) is 0. The second kappa shape index (κ2) is 9.21. The second-order valence-electron chi connectivity index (χ2n) is 8.39. The van der Waals surface area contributed by atoms with E-state index in [-0.39, 0.29) is 23.7 Å². The maximum atomic E-state index is 13.0. The number of nitrogens with one attached hydrogen (secondary N) is 1. The van der Waals surface area contributed by atoms with Gasteiger partial charge in [0.25, 0.3) is 11.8 Å². The minimum atomic E-state index is -0.235. The van der Waals surface area contributed by atoms with Gasteiger partial charge in [-0.3, -0.25) is 14.6 Å². The van der Waals surface area contributed by atoms with Crippen LogP contribution in [0.15, 0.2) is 36.7 Å². The van der Waals surface area contributed by atoms with Gasteiger partial charge in [-0.05, 0) is 48.3 Å². The van der Waals surface area contributed by atoms with Gasteiger partial charge in [0.05, 0.1) is 11.1 Å². The number of benzene rings is 1. The lowest BCUT2D eigenvalue weighted by molar-refractivity contribution is 0.0724. The summed E-state index contributed by atoms with van der Waals surface area (Å²) >= 11 is 0. The molecule has 0 bridgehead atoms. The van der Waals surface area contributed by atoms with Crippen LogP contribution in [-0.4, -0.2) is 34.8 Å². The monoisotopic (exact) mass is 393 g/mol. The fourth-order valence-electron chi connectivity index (χ4n) is 3.84. The summed E-state index contributed by atoms with van der Waals surface area (Å²) < 4.78 is 0. The lowest BCUT2D eigenvalue weighted by Crippen LogP contribution is -2.35. The lowest BCUT2D eigenvalue weighted by atomic mass is 9.92. The molecule has 2 aromatic rings. The fraction of sp³-hybridized carbons (Fsp3) is 0.458. The molecule has 1 aromatic carbocycles. The Bertz CT molecular complexity index is 857. The number of rotatable bonds is 5. The highest BCUT2D eigenvalue weighted by Gasteiger charge is 2.21. The Labute approximate surface area is 173 Å². The Morgan fingerprint density at radius 2 is 1.52 bits per heavy atom. The van der Waals surface area contributed by atoms with E-state index in [1.54, 1.807) is 12.3 Å². The van der Waals surface area contributed by atoms with Gasteiger partial charge in [-0.2, -0.15) is 0 Å². The summed E-state index contributed by atoms with van der Waals surface area (Å²) in [6.45, 7) is 10.0. The molecule has 0 unspecified atom stereocenters. The van der Waals surface area contributed by atoms with Gasteiger partial charge in [0.1, 0.15) is 0 Å². The number of carbonyl (C=O) groups excluding carboxylic acids is 2. The van der Waals surface area contributed by atoms with Crippen molar-refractivity contribution in [3.05, 3.63) is 58.9 Å². The molecule has 1 fully saturated rings. The van der Waals surface area contributed by atoms with E-state index in [0.29, 0.717) is 11.1 Å². The number of piperidine rings is 1. The Kier molecular flexibility index (Phi) is 6.68. The van der Waals surface area contributed by atoms with Crippen LogP contribution in [0.2, 0.25) is 0 Å². The first-order chi connectivity index (χ1) is 13.9. The number of carbonyl (C=O) groups is 2. The van der Waals surface area contributed by atoms with E-state index in [9.17, 15) is 9.59 Å². The first-order valence-corrected chi connectivity index (χ1v) is 10.6. The van der Waals surface area contributed by atoms with Gasteiger partial charge in [-0.15, -0.1) is 0 Å². The number of aromatic nitrogens is 1. The van der Waals surface area contributed by atoms with Crippen molar-refractivity contribution < 1.29 is 9.59 Å². The average molecular weight is 394 g/mol. The molecule has 1 aromatic heterocycles. The SMILES string of the molecule is CC(C)c1cccc(C(C)C)c1NC(=O)c1cncc(C(=O)N2CCCCC2)c1. The number of hydrogen-bond donors (Lipinski definition) is 1. The van der Waals surface area contributed by atoms with Gasteiger partial charge in [-0.1, -0.05) is 45.9 Å². The van der Waals surface area contributed by atoms with Crippen LogP contribution in [-0.2, 0) is 0 Å². The number of anilines is 1. The molecule has 0 saturated carbocycles.